The summed E-state index contributed by atoms with van der Waals surface area (Å²) in [5.41, 5.74) is 0.829. The standard InChI is InChI=1S/C21H33N5O3/c1-16(2)5-10-29-17-3-8-25(9-4-17)19-18-20(23-14-22-19)26(15-24-18)13-21(27)6-11-28-12-7-21/h14-17,27H,3-13H2,1-2H3. The molecule has 4 rings (SSSR count). The van der Waals surface area contributed by atoms with E-state index in [4.69, 9.17) is 9.47 Å². The summed E-state index contributed by atoms with van der Waals surface area (Å²) < 4.78 is 13.4. The molecule has 0 aromatic carbocycles. The molecule has 2 fully saturated rings. The fourth-order valence-electron chi connectivity index (χ4n) is 4.15. The van der Waals surface area contributed by atoms with Gasteiger partial charge in [0, 0.05) is 45.8 Å². The van der Waals surface area contributed by atoms with Crippen LogP contribution in [0.2, 0.25) is 0 Å². The number of ether oxygens (including phenoxy) is 2. The number of aliphatic hydroxyl groups is 1. The predicted octanol–water partition coefficient (Wildman–Crippen LogP) is 2.40. The third-order valence-corrected chi connectivity index (χ3v) is 6.06. The van der Waals surface area contributed by atoms with Gasteiger partial charge in [-0.25, -0.2) is 15.0 Å². The summed E-state index contributed by atoms with van der Waals surface area (Å²) in [6.07, 6.45) is 8.11. The molecule has 0 amide bonds. The summed E-state index contributed by atoms with van der Waals surface area (Å²) in [4.78, 5) is 15.9. The molecule has 0 aliphatic carbocycles. The van der Waals surface area contributed by atoms with E-state index in [0.717, 1.165) is 55.9 Å². The third kappa shape index (κ3) is 4.87. The first-order valence-electron chi connectivity index (χ1n) is 10.9. The number of imidazole rings is 1. The second-order valence-electron chi connectivity index (χ2n) is 8.82. The molecular formula is C21H33N5O3. The van der Waals surface area contributed by atoms with Gasteiger partial charge in [-0.15, -0.1) is 0 Å². The van der Waals surface area contributed by atoms with Crippen molar-refractivity contribution in [1.82, 2.24) is 19.5 Å². The number of fused-ring (bicyclic) bond motifs is 1. The highest BCUT2D eigenvalue weighted by molar-refractivity contribution is 5.83. The van der Waals surface area contributed by atoms with Crippen molar-refractivity contribution in [2.24, 2.45) is 5.92 Å². The molecular weight excluding hydrogens is 370 g/mol. The molecule has 2 aliphatic rings. The molecule has 160 valence electrons. The van der Waals surface area contributed by atoms with Crippen molar-refractivity contribution in [2.45, 2.75) is 64.2 Å². The van der Waals surface area contributed by atoms with Crippen molar-refractivity contribution < 1.29 is 14.6 Å². The Labute approximate surface area is 172 Å². The number of hydrogen-bond acceptors (Lipinski definition) is 7. The van der Waals surface area contributed by atoms with Crippen LogP contribution in [-0.4, -0.2) is 69.2 Å². The first-order valence-corrected chi connectivity index (χ1v) is 10.9. The minimum atomic E-state index is -0.761. The normalized spacial score (nSPS) is 20.6. The highest BCUT2D eigenvalue weighted by atomic mass is 16.5. The molecule has 2 aromatic rings. The zero-order valence-electron chi connectivity index (χ0n) is 17.6. The fraction of sp³-hybridized carbons (Fsp3) is 0.762. The first-order chi connectivity index (χ1) is 14.0. The lowest BCUT2D eigenvalue weighted by Gasteiger charge is -2.33. The minimum Gasteiger partial charge on any atom is -0.388 e. The van der Waals surface area contributed by atoms with Gasteiger partial charge in [-0.2, -0.15) is 0 Å². The Morgan fingerprint density at radius 2 is 1.97 bits per heavy atom. The zero-order chi connectivity index (χ0) is 20.3. The van der Waals surface area contributed by atoms with Crippen LogP contribution in [-0.2, 0) is 16.0 Å². The molecule has 8 heteroatoms. The van der Waals surface area contributed by atoms with Crippen molar-refractivity contribution >= 4 is 17.0 Å². The average molecular weight is 404 g/mol. The summed E-state index contributed by atoms with van der Waals surface area (Å²) >= 11 is 0. The van der Waals surface area contributed by atoms with Gasteiger partial charge in [0.05, 0.1) is 24.6 Å². The molecule has 0 unspecified atom stereocenters. The Morgan fingerprint density at radius 3 is 2.69 bits per heavy atom. The van der Waals surface area contributed by atoms with E-state index in [0.29, 0.717) is 44.6 Å². The lowest BCUT2D eigenvalue weighted by Crippen LogP contribution is -2.40. The van der Waals surface area contributed by atoms with Gasteiger partial charge in [0.1, 0.15) is 6.33 Å². The summed E-state index contributed by atoms with van der Waals surface area (Å²) in [7, 11) is 0. The average Bonchev–Trinajstić information content (AvgIpc) is 3.11. The Morgan fingerprint density at radius 1 is 1.21 bits per heavy atom. The maximum Gasteiger partial charge on any atom is 0.165 e. The van der Waals surface area contributed by atoms with E-state index in [1.54, 1.807) is 12.7 Å². The van der Waals surface area contributed by atoms with E-state index >= 15 is 0 Å². The summed E-state index contributed by atoms with van der Waals surface area (Å²) in [5, 5.41) is 10.9. The summed E-state index contributed by atoms with van der Waals surface area (Å²) in [6, 6.07) is 0. The van der Waals surface area contributed by atoms with Crippen LogP contribution in [0.15, 0.2) is 12.7 Å². The van der Waals surface area contributed by atoms with Crippen molar-refractivity contribution in [1.29, 1.82) is 0 Å². The quantitative estimate of drug-likeness (QED) is 0.760. The second-order valence-corrected chi connectivity index (χ2v) is 8.82. The van der Waals surface area contributed by atoms with Crippen LogP contribution >= 0.6 is 0 Å². The van der Waals surface area contributed by atoms with Gasteiger partial charge in [0.15, 0.2) is 17.0 Å². The van der Waals surface area contributed by atoms with Crippen LogP contribution < -0.4 is 4.90 Å². The lowest BCUT2D eigenvalue weighted by molar-refractivity contribution is -0.0723. The molecule has 29 heavy (non-hydrogen) atoms. The largest absolute Gasteiger partial charge is 0.388 e. The van der Waals surface area contributed by atoms with Gasteiger partial charge in [-0.1, -0.05) is 13.8 Å². The number of hydrogen-bond donors (Lipinski definition) is 1. The topological polar surface area (TPSA) is 85.5 Å². The van der Waals surface area contributed by atoms with E-state index in [1.807, 2.05) is 4.57 Å². The molecule has 0 atom stereocenters. The zero-order valence-corrected chi connectivity index (χ0v) is 17.6. The summed E-state index contributed by atoms with van der Waals surface area (Å²) in [5.74, 6) is 1.56. The molecule has 8 nitrogen and oxygen atoms in total. The van der Waals surface area contributed by atoms with E-state index in [9.17, 15) is 5.11 Å². The van der Waals surface area contributed by atoms with Crippen molar-refractivity contribution in [2.75, 3.05) is 37.8 Å². The van der Waals surface area contributed by atoms with Crippen LogP contribution in [0.25, 0.3) is 11.2 Å². The maximum absolute atomic E-state index is 10.9. The second kappa shape index (κ2) is 8.93. The number of piperidine rings is 1. The van der Waals surface area contributed by atoms with Gasteiger partial charge in [0.25, 0.3) is 0 Å². The Hall–Kier alpha value is -1.77. The maximum atomic E-state index is 10.9. The van der Waals surface area contributed by atoms with E-state index in [1.165, 1.54) is 0 Å². The van der Waals surface area contributed by atoms with E-state index in [-0.39, 0.29) is 0 Å². The number of nitrogens with zero attached hydrogens (tertiary/aromatic N) is 5. The van der Waals surface area contributed by atoms with Gasteiger partial charge in [0.2, 0.25) is 0 Å². The third-order valence-electron chi connectivity index (χ3n) is 6.06. The first kappa shape index (κ1) is 20.5. The van der Waals surface area contributed by atoms with Crippen LogP contribution in [0.5, 0.6) is 0 Å². The molecule has 4 heterocycles. The van der Waals surface area contributed by atoms with Gasteiger partial charge >= 0.3 is 0 Å². The van der Waals surface area contributed by atoms with Crippen LogP contribution in [0.3, 0.4) is 0 Å². The highest BCUT2D eigenvalue weighted by Gasteiger charge is 2.31. The summed E-state index contributed by atoms with van der Waals surface area (Å²) in [6.45, 7) is 8.79. The lowest BCUT2D eigenvalue weighted by atomic mass is 9.94. The predicted molar refractivity (Wildman–Crippen MR) is 111 cm³/mol. The molecule has 0 bridgehead atoms. The monoisotopic (exact) mass is 403 g/mol. The minimum absolute atomic E-state index is 0.336. The van der Waals surface area contributed by atoms with Crippen molar-refractivity contribution in [3.05, 3.63) is 12.7 Å². The van der Waals surface area contributed by atoms with Crippen LogP contribution in [0.4, 0.5) is 5.82 Å². The Kier molecular flexibility index (Phi) is 6.32. The molecule has 1 N–H and O–H groups in total. The molecule has 0 spiro atoms. The fourth-order valence-corrected chi connectivity index (χ4v) is 4.15. The van der Waals surface area contributed by atoms with Crippen molar-refractivity contribution in [3.63, 3.8) is 0 Å². The van der Waals surface area contributed by atoms with Crippen LogP contribution in [0, 0.1) is 5.92 Å². The van der Waals surface area contributed by atoms with E-state index in [2.05, 4.69) is 33.7 Å². The Balaban J connectivity index is 1.42. The molecule has 2 aliphatic heterocycles. The number of rotatable bonds is 7. The molecule has 0 radical (unpaired) electrons. The smallest absolute Gasteiger partial charge is 0.165 e. The van der Waals surface area contributed by atoms with Gasteiger partial charge in [-0.05, 0) is 25.2 Å². The van der Waals surface area contributed by atoms with E-state index < -0.39 is 5.60 Å². The highest BCUT2D eigenvalue weighted by Crippen LogP contribution is 2.28. The Bertz CT molecular complexity index is 795. The number of aromatic nitrogens is 4. The van der Waals surface area contributed by atoms with Crippen LogP contribution in [0.1, 0.15) is 46.0 Å². The molecule has 0 saturated carbocycles. The SMILES string of the molecule is CC(C)CCOC1CCN(c2ncnc3c2ncn3CC2(O)CCOCC2)CC1. The van der Waals surface area contributed by atoms with Crippen molar-refractivity contribution in [3.8, 4) is 0 Å². The molecule has 2 saturated heterocycles. The van der Waals surface area contributed by atoms with Gasteiger partial charge < -0.3 is 24.0 Å². The van der Waals surface area contributed by atoms with Gasteiger partial charge in [-0.3, -0.25) is 0 Å². The number of anilines is 1. The molecule has 2 aromatic heterocycles.